The zero-order valence-electron chi connectivity index (χ0n) is 10.8. The summed E-state index contributed by atoms with van der Waals surface area (Å²) in [7, 11) is 0. The van der Waals surface area contributed by atoms with Gasteiger partial charge in [-0.15, -0.1) is 11.3 Å². The molecule has 104 valence electrons. The Balaban J connectivity index is 1.93. The molecule has 0 spiro atoms. The van der Waals surface area contributed by atoms with E-state index in [4.69, 9.17) is 11.6 Å². The largest absolute Gasteiger partial charge is 0.343 e. The van der Waals surface area contributed by atoms with E-state index in [-0.39, 0.29) is 0 Å². The van der Waals surface area contributed by atoms with Crippen molar-refractivity contribution in [1.29, 1.82) is 0 Å². The number of hydrogen-bond donors (Lipinski definition) is 2. The van der Waals surface area contributed by atoms with Crippen LogP contribution in [0.3, 0.4) is 0 Å². The van der Waals surface area contributed by atoms with Gasteiger partial charge in [0.25, 0.3) is 0 Å². The Bertz CT molecular complexity index is 626. The smallest absolute Gasteiger partial charge is 0.313 e. The molecule has 0 atom stereocenters. The summed E-state index contributed by atoms with van der Waals surface area (Å²) in [6, 6.07) is 8.90. The lowest BCUT2D eigenvalue weighted by Crippen LogP contribution is -2.34. The van der Waals surface area contributed by atoms with Crippen molar-refractivity contribution in [2.24, 2.45) is 0 Å². The van der Waals surface area contributed by atoms with Gasteiger partial charge < -0.3 is 10.6 Å². The molecular weight excluding hydrogens is 296 g/mol. The highest BCUT2D eigenvalue weighted by Crippen LogP contribution is 2.20. The monoisotopic (exact) mass is 308 g/mol. The highest BCUT2D eigenvalue weighted by molar-refractivity contribution is 7.09. The first-order valence-corrected chi connectivity index (χ1v) is 7.20. The lowest BCUT2D eigenvalue weighted by atomic mass is 10.2. The van der Waals surface area contributed by atoms with Crippen LogP contribution >= 0.6 is 22.9 Å². The van der Waals surface area contributed by atoms with E-state index < -0.39 is 11.8 Å². The van der Waals surface area contributed by atoms with Crippen LogP contribution in [-0.2, 0) is 16.1 Å². The Morgan fingerprint density at radius 2 is 2.05 bits per heavy atom. The second-order valence-electron chi connectivity index (χ2n) is 4.18. The van der Waals surface area contributed by atoms with Gasteiger partial charge in [-0.05, 0) is 36.1 Å². The summed E-state index contributed by atoms with van der Waals surface area (Å²) >= 11 is 7.38. The molecule has 0 radical (unpaired) electrons. The lowest BCUT2D eigenvalue weighted by Gasteiger charge is -2.08. The first kappa shape index (κ1) is 14.6. The average Bonchev–Trinajstić information content (AvgIpc) is 2.93. The highest BCUT2D eigenvalue weighted by atomic mass is 35.5. The Labute approximate surface area is 125 Å². The molecule has 2 amide bonds. The minimum absolute atomic E-state index is 0.346. The number of nitrogens with one attached hydrogen (secondary N) is 2. The van der Waals surface area contributed by atoms with Gasteiger partial charge in [-0.25, -0.2) is 0 Å². The van der Waals surface area contributed by atoms with Crippen LogP contribution in [0.4, 0.5) is 5.69 Å². The summed E-state index contributed by atoms with van der Waals surface area (Å²) in [5.41, 5.74) is 1.38. The van der Waals surface area contributed by atoms with Crippen LogP contribution in [0.25, 0.3) is 0 Å². The third-order valence-electron chi connectivity index (χ3n) is 2.66. The Morgan fingerprint density at radius 1 is 1.25 bits per heavy atom. The normalized spacial score (nSPS) is 10.1. The molecule has 0 saturated carbocycles. The van der Waals surface area contributed by atoms with Crippen LogP contribution in [0, 0.1) is 6.92 Å². The van der Waals surface area contributed by atoms with Gasteiger partial charge in [0.2, 0.25) is 0 Å². The number of halogens is 1. The molecule has 6 heteroatoms. The Kier molecular flexibility index (Phi) is 4.76. The summed E-state index contributed by atoms with van der Waals surface area (Å²) in [5.74, 6) is -1.37. The molecule has 0 fully saturated rings. The number of hydrogen-bond acceptors (Lipinski definition) is 3. The number of aryl methyl sites for hydroxylation is 1. The van der Waals surface area contributed by atoms with Crippen LogP contribution in [0.15, 0.2) is 35.7 Å². The van der Waals surface area contributed by atoms with Gasteiger partial charge in [0.15, 0.2) is 0 Å². The van der Waals surface area contributed by atoms with Crippen molar-refractivity contribution in [3.63, 3.8) is 0 Å². The molecule has 20 heavy (non-hydrogen) atoms. The van der Waals surface area contributed by atoms with Gasteiger partial charge in [0.05, 0.1) is 6.54 Å². The number of carbonyl (C=O) groups excluding carboxylic acids is 2. The van der Waals surface area contributed by atoms with Crippen LogP contribution in [0.5, 0.6) is 0 Å². The van der Waals surface area contributed by atoms with E-state index in [2.05, 4.69) is 10.6 Å². The van der Waals surface area contributed by atoms with Crippen molar-refractivity contribution in [3.05, 3.63) is 51.2 Å². The predicted octanol–water partition coefficient (Wildman–Crippen LogP) is 2.96. The van der Waals surface area contributed by atoms with Crippen molar-refractivity contribution in [3.8, 4) is 0 Å². The third kappa shape index (κ3) is 3.82. The van der Waals surface area contributed by atoms with Crippen molar-refractivity contribution in [2.45, 2.75) is 13.5 Å². The summed E-state index contributed by atoms with van der Waals surface area (Å²) in [6.07, 6.45) is 0. The van der Waals surface area contributed by atoms with E-state index in [1.54, 1.807) is 18.2 Å². The quantitative estimate of drug-likeness (QED) is 0.857. The minimum atomic E-state index is -0.702. The van der Waals surface area contributed by atoms with Gasteiger partial charge in [-0.2, -0.15) is 0 Å². The second-order valence-corrected chi connectivity index (χ2v) is 5.64. The molecule has 0 aliphatic carbocycles. The van der Waals surface area contributed by atoms with Gasteiger partial charge in [0, 0.05) is 15.6 Å². The molecule has 1 aromatic heterocycles. The molecule has 0 bridgehead atoms. The topological polar surface area (TPSA) is 58.2 Å². The molecule has 2 N–H and O–H groups in total. The Hall–Kier alpha value is -1.85. The maximum Gasteiger partial charge on any atom is 0.313 e. The summed E-state index contributed by atoms with van der Waals surface area (Å²) in [6.45, 7) is 2.17. The van der Waals surface area contributed by atoms with E-state index in [9.17, 15) is 9.59 Å². The maximum absolute atomic E-state index is 11.8. The molecule has 0 aliphatic heterocycles. The number of benzene rings is 1. The number of anilines is 1. The first-order valence-electron chi connectivity index (χ1n) is 5.94. The van der Waals surface area contributed by atoms with E-state index in [0.717, 1.165) is 10.4 Å². The van der Waals surface area contributed by atoms with Gasteiger partial charge >= 0.3 is 11.8 Å². The average molecular weight is 309 g/mol. The molecule has 1 heterocycles. The van der Waals surface area contributed by atoms with E-state index in [1.807, 2.05) is 24.4 Å². The number of carbonyl (C=O) groups is 2. The fourth-order valence-electron chi connectivity index (χ4n) is 1.57. The van der Waals surface area contributed by atoms with Crippen molar-refractivity contribution >= 4 is 40.4 Å². The van der Waals surface area contributed by atoms with Crippen molar-refractivity contribution in [1.82, 2.24) is 5.32 Å². The fraction of sp³-hybridized carbons (Fsp3) is 0.143. The molecule has 1 aromatic carbocycles. The third-order valence-corrected chi connectivity index (χ3v) is 3.77. The van der Waals surface area contributed by atoms with Crippen LogP contribution in [0.2, 0.25) is 5.02 Å². The summed E-state index contributed by atoms with van der Waals surface area (Å²) in [4.78, 5) is 24.5. The summed E-state index contributed by atoms with van der Waals surface area (Å²) in [5, 5.41) is 7.53. The second kappa shape index (κ2) is 6.54. The van der Waals surface area contributed by atoms with Crippen LogP contribution < -0.4 is 10.6 Å². The van der Waals surface area contributed by atoms with Gasteiger partial charge in [-0.3, -0.25) is 9.59 Å². The maximum atomic E-state index is 11.8. The minimum Gasteiger partial charge on any atom is -0.343 e. The van der Waals surface area contributed by atoms with Crippen molar-refractivity contribution in [2.75, 3.05) is 5.32 Å². The van der Waals surface area contributed by atoms with E-state index >= 15 is 0 Å². The first-order chi connectivity index (χ1) is 9.56. The van der Waals surface area contributed by atoms with Crippen LogP contribution in [-0.4, -0.2) is 11.8 Å². The molecule has 0 unspecified atom stereocenters. The lowest BCUT2D eigenvalue weighted by molar-refractivity contribution is -0.136. The standard InChI is InChI=1S/C14H13ClN2O2S/c1-9-4-5-10(15)7-12(9)17-14(19)13(18)16-8-11-3-2-6-20-11/h2-7H,8H2,1H3,(H,16,18)(H,17,19). The molecule has 2 aromatic rings. The molecular formula is C14H13ClN2O2S. The van der Waals surface area contributed by atoms with Gasteiger partial charge in [0.1, 0.15) is 0 Å². The number of amides is 2. The number of rotatable bonds is 3. The predicted molar refractivity (Wildman–Crippen MR) is 81.0 cm³/mol. The zero-order chi connectivity index (χ0) is 14.5. The van der Waals surface area contributed by atoms with E-state index in [0.29, 0.717) is 17.3 Å². The zero-order valence-corrected chi connectivity index (χ0v) is 12.3. The summed E-state index contributed by atoms with van der Waals surface area (Å²) < 4.78 is 0. The van der Waals surface area contributed by atoms with Crippen LogP contribution in [0.1, 0.15) is 10.4 Å². The molecule has 2 rings (SSSR count). The SMILES string of the molecule is Cc1ccc(Cl)cc1NC(=O)C(=O)NCc1cccs1. The molecule has 4 nitrogen and oxygen atoms in total. The highest BCUT2D eigenvalue weighted by Gasteiger charge is 2.14. The molecule has 0 saturated heterocycles. The molecule has 0 aliphatic rings. The van der Waals surface area contributed by atoms with Gasteiger partial charge in [-0.1, -0.05) is 23.7 Å². The number of thiophene rings is 1. The van der Waals surface area contributed by atoms with Crippen molar-refractivity contribution < 1.29 is 9.59 Å². The Morgan fingerprint density at radius 3 is 2.75 bits per heavy atom. The fourth-order valence-corrected chi connectivity index (χ4v) is 2.39. The van der Waals surface area contributed by atoms with E-state index in [1.165, 1.54) is 11.3 Å².